The van der Waals surface area contributed by atoms with Crippen molar-refractivity contribution in [1.82, 2.24) is 14.4 Å². The third-order valence-corrected chi connectivity index (χ3v) is 8.14. The first-order valence-corrected chi connectivity index (χ1v) is 14.2. The van der Waals surface area contributed by atoms with Crippen molar-refractivity contribution in [3.63, 3.8) is 0 Å². The van der Waals surface area contributed by atoms with Crippen LogP contribution in [-0.2, 0) is 9.59 Å². The van der Waals surface area contributed by atoms with E-state index in [1.165, 1.54) is 16.2 Å². The van der Waals surface area contributed by atoms with Gasteiger partial charge in [0.1, 0.15) is 22.8 Å². The van der Waals surface area contributed by atoms with Gasteiger partial charge in [-0.3, -0.25) is 14.5 Å². The number of aliphatic hydroxyl groups excluding tert-OH is 1. The van der Waals surface area contributed by atoms with Crippen molar-refractivity contribution in [2.24, 2.45) is 0 Å². The molecule has 1 fully saturated rings. The van der Waals surface area contributed by atoms with Crippen LogP contribution in [0.4, 0.5) is 5.13 Å². The predicted octanol–water partition coefficient (Wildman–Crippen LogP) is 5.98. The van der Waals surface area contributed by atoms with Crippen LogP contribution in [0.3, 0.4) is 0 Å². The number of pyridine rings is 1. The Balaban J connectivity index is 1.55. The highest BCUT2D eigenvalue weighted by atomic mass is 32.1. The van der Waals surface area contributed by atoms with Gasteiger partial charge in [-0.1, -0.05) is 29.5 Å². The SMILES string of the molecule is CCOc1ccc(C2C(=C(O)c3nc4c(C)cccn4c3C)C(=O)C(=O)N2c2nc3ccc(OCC)cc3s2)cc1. The Bertz CT molecular complexity index is 1850. The number of ketones is 1. The lowest BCUT2D eigenvalue weighted by Gasteiger charge is -2.23. The van der Waals surface area contributed by atoms with Gasteiger partial charge >= 0.3 is 5.91 Å². The van der Waals surface area contributed by atoms with Crippen LogP contribution in [-0.4, -0.2) is 44.4 Å². The van der Waals surface area contributed by atoms with Crippen LogP contribution >= 0.6 is 11.3 Å². The molecule has 0 saturated carbocycles. The number of nitrogens with zero attached hydrogens (tertiary/aromatic N) is 4. The molecular formula is C31H28N4O5S. The van der Waals surface area contributed by atoms with Crippen molar-refractivity contribution in [3.8, 4) is 11.5 Å². The number of fused-ring (bicyclic) bond motifs is 2. The summed E-state index contributed by atoms with van der Waals surface area (Å²) < 4.78 is 13.9. The molecule has 9 nitrogen and oxygen atoms in total. The number of Topliss-reactive ketones (excluding diaryl/α,β-unsaturated/α-hetero) is 1. The Kier molecular flexibility index (Phi) is 6.70. The third kappa shape index (κ3) is 4.40. The van der Waals surface area contributed by atoms with E-state index in [0.717, 1.165) is 10.3 Å². The second-order valence-electron chi connectivity index (χ2n) is 9.66. The largest absolute Gasteiger partial charge is 0.505 e. The number of hydrogen-bond donors (Lipinski definition) is 1. The zero-order chi connectivity index (χ0) is 28.8. The van der Waals surface area contributed by atoms with Crippen LogP contribution in [0.15, 0.2) is 66.4 Å². The fourth-order valence-corrected chi connectivity index (χ4v) is 6.21. The van der Waals surface area contributed by atoms with E-state index < -0.39 is 17.7 Å². The summed E-state index contributed by atoms with van der Waals surface area (Å²) in [5.74, 6) is -0.553. The van der Waals surface area contributed by atoms with E-state index in [4.69, 9.17) is 14.5 Å². The molecule has 1 unspecified atom stereocenters. The van der Waals surface area contributed by atoms with E-state index in [1.807, 2.05) is 68.6 Å². The molecule has 10 heteroatoms. The summed E-state index contributed by atoms with van der Waals surface area (Å²) in [7, 11) is 0. The van der Waals surface area contributed by atoms with E-state index in [0.29, 0.717) is 52.3 Å². The zero-order valence-electron chi connectivity index (χ0n) is 23.0. The molecule has 208 valence electrons. The molecule has 0 aliphatic carbocycles. The van der Waals surface area contributed by atoms with Gasteiger partial charge in [0, 0.05) is 6.20 Å². The summed E-state index contributed by atoms with van der Waals surface area (Å²) >= 11 is 1.28. The van der Waals surface area contributed by atoms with Gasteiger partial charge < -0.3 is 19.0 Å². The highest BCUT2D eigenvalue weighted by molar-refractivity contribution is 7.22. The number of aromatic nitrogens is 3. The normalized spacial score (nSPS) is 16.7. The number of aryl methyl sites for hydroxylation is 2. The lowest BCUT2D eigenvalue weighted by atomic mass is 9.96. The van der Waals surface area contributed by atoms with Crippen LogP contribution in [0.5, 0.6) is 11.5 Å². The Morgan fingerprint density at radius 2 is 1.68 bits per heavy atom. The van der Waals surface area contributed by atoms with Crippen molar-refractivity contribution in [3.05, 3.63) is 88.9 Å². The standard InChI is InChI=1S/C31H28N4O5S/c1-5-39-20-11-9-19(10-12-20)26-24(27(36)25-18(4)34-15-7-8-17(3)29(34)33-25)28(37)30(38)35(26)31-32-22-14-13-21(40-6-2)16-23(22)41-31/h7-16,26,36H,5-6H2,1-4H3. The van der Waals surface area contributed by atoms with Gasteiger partial charge in [0.15, 0.2) is 10.9 Å². The average Bonchev–Trinajstić information content (AvgIpc) is 3.61. The summed E-state index contributed by atoms with van der Waals surface area (Å²) in [4.78, 5) is 38.1. The number of carbonyl (C=O) groups excluding carboxylic acids is 2. The third-order valence-electron chi connectivity index (χ3n) is 7.13. The van der Waals surface area contributed by atoms with Gasteiger partial charge in [0.05, 0.1) is 40.7 Å². The van der Waals surface area contributed by atoms with Crippen molar-refractivity contribution in [2.45, 2.75) is 33.7 Å². The number of ether oxygens (including phenoxy) is 2. The molecule has 2 aromatic carbocycles. The monoisotopic (exact) mass is 568 g/mol. The summed E-state index contributed by atoms with van der Waals surface area (Å²) in [5.41, 5.74) is 3.74. The highest BCUT2D eigenvalue weighted by Gasteiger charge is 2.48. The van der Waals surface area contributed by atoms with Gasteiger partial charge in [-0.2, -0.15) is 0 Å². The van der Waals surface area contributed by atoms with Crippen molar-refractivity contribution < 1.29 is 24.2 Å². The van der Waals surface area contributed by atoms with E-state index in [1.54, 1.807) is 24.3 Å². The van der Waals surface area contributed by atoms with Gasteiger partial charge in [0.2, 0.25) is 0 Å². The summed E-state index contributed by atoms with van der Waals surface area (Å²) in [6, 6.07) is 15.6. The molecule has 3 aromatic heterocycles. The molecule has 0 spiro atoms. The number of amides is 1. The van der Waals surface area contributed by atoms with Gasteiger partial charge in [-0.15, -0.1) is 0 Å². The Morgan fingerprint density at radius 3 is 2.39 bits per heavy atom. The highest BCUT2D eigenvalue weighted by Crippen LogP contribution is 2.45. The molecule has 0 bridgehead atoms. The van der Waals surface area contributed by atoms with Crippen LogP contribution in [0.2, 0.25) is 0 Å². The smallest absolute Gasteiger partial charge is 0.301 e. The minimum absolute atomic E-state index is 0.0439. The number of rotatable bonds is 7. The molecule has 5 aromatic rings. The zero-order valence-corrected chi connectivity index (χ0v) is 23.9. The molecule has 0 radical (unpaired) electrons. The fraction of sp³-hybridized carbons (Fsp3) is 0.226. The maximum absolute atomic E-state index is 13.7. The second kappa shape index (κ2) is 10.4. The topological polar surface area (TPSA) is 106 Å². The maximum atomic E-state index is 13.7. The Morgan fingerprint density at radius 1 is 0.976 bits per heavy atom. The molecule has 1 aliphatic rings. The summed E-state index contributed by atoms with van der Waals surface area (Å²) in [6.07, 6.45) is 1.85. The number of aliphatic hydroxyl groups is 1. The van der Waals surface area contributed by atoms with E-state index >= 15 is 0 Å². The maximum Gasteiger partial charge on any atom is 0.301 e. The van der Waals surface area contributed by atoms with E-state index in [9.17, 15) is 14.7 Å². The summed E-state index contributed by atoms with van der Waals surface area (Å²) in [5, 5.41) is 12.0. The van der Waals surface area contributed by atoms with E-state index in [-0.39, 0.29) is 17.0 Å². The van der Waals surface area contributed by atoms with Crippen LogP contribution in [0.1, 0.15) is 42.4 Å². The quantitative estimate of drug-likeness (QED) is 0.146. The van der Waals surface area contributed by atoms with Crippen LogP contribution in [0, 0.1) is 13.8 Å². The number of carbonyl (C=O) groups is 2. The fourth-order valence-electron chi connectivity index (χ4n) is 5.18. The second-order valence-corrected chi connectivity index (χ2v) is 10.7. The molecule has 1 N–H and O–H groups in total. The van der Waals surface area contributed by atoms with Gasteiger partial charge in [-0.25, -0.2) is 9.97 Å². The molecule has 4 heterocycles. The molecule has 1 saturated heterocycles. The molecule has 41 heavy (non-hydrogen) atoms. The summed E-state index contributed by atoms with van der Waals surface area (Å²) in [6.45, 7) is 8.57. The van der Waals surface area contributed by atoms with Gasteiger partial charge in [-0.05, 0) is 75.2 Å². The average molecular weight is 569 g/mol. The molecule has 1 amide bonds. The molecule has 1 aliphatic heterocycles. The molecular weight excluding hydrogens is 540 g/mol. The lowest BCUT2D eigenvalue weighted by Crippen LogP contribution is -2.29. The molecule has 6 rings (SSSR count). The van der Waals surface area contributed by atoms with Crippen LogP contribution in [0.25, 0.3) is 21.6 Å². The first kappa shape index (κ1) is 26.5. The van der Waals surface area contributed by atoms with Crippen molar-refractivity contribution in [1.29, 1.82) is 0 Å². The molecule has 1 atom stereocenters. The minimum Gasteiger partial charge on any atom is -0.505 e. The first-order valence-electron chi connectivity index (χ1n) is 13.3. The minimum atomic E-state index is -0.928. The number of thiazole rings is 1. The number of imidazole rings is 1. The Hall–Kier alpha value is -4.70. The number of anilines is 1. The van der Waals surface area contributed by atoms with Crippen molar-refractivity contribution in [2.75, 3.05) is 18.1 Å². The Labute approximate surface area is 240 Å². The lowest BCUT2D eigenvalue weighted by molar-refractivity contribution is -0.132. The van der Waals surface area contributed by atoms with E-state index in [2.05, 4.69) is 4.98 Å². The van der Waals surface area contributed by atoms with Crippen LogP contribution < -0.4 is 14.4 Å². The van der Waals surface area contributed by atoms with Crippen molar-refractivity contribution >= 4 is 49.8 Å². The number of benzene rings is 2. The predicted molar refractivity (Wildman–Crippen MR) is 158 cm³/mol. The first-order chi connectivity index (χ1) is 19.8. The van der Waals surface area contributed by atoms with Gasteiger partial charge in [0.25, 0.3) is 5.78 Å². The number of hydrogen-bond acceptors (Lipinski definition) is 8.